The lowest BCUT2D eigenvalue weighted by Crippen LogP contribution is -2.12. The quantitative estimate of drug-likeness (QED) is 0.800. The van der Waals surface area contributed by atoms with E-state index in [1.54, 1.807) is 0 Å². The molecule has 1 aliphatic carbocycles. The summed E-state index contributed by atoms with van der Waals surface area (Å²) in [6, 6.07) is 0. The fraction of sp³-hybridized carbons (Fsp3) is 0.818. The number of aromatic nitrogens is 3. The fourth-order valence-corrected chi connectivity index (χ4v) is 2.67. The molecule has 0 aromatic carbocycles. The van der Waals surface area contributed by atoms with Gasteiger partial charge in [-0.15, -0.1) is 0 Å². The number of H-pyrrole nitrogens is 1. The van der Waals surface area contributed by atoms with Crippen LogP contribution in [0.3, 0.4) is 0 Å². The van der Waals surface area contributed by atoms with Crippen molar-refractivity contribution in [2.45, 2.75) is 57.9 Å². The third kappa shape index (κ3) is 2.30. The molecule has 0 spiro atoms. The lowest BCUT2D eigenvalue weighted by Gasteiger charge is -2.21. The zero-order chi connectivity index (χ0) is 10.7. The van der Waals surface area contributed by atoms with Gasteiger partial charge in [0.2, 0.25) is 0 Å². The molecule has 1 aliphatic rings. The number of aromatic amines is 1. The number of nitrogens with zero attached hydrogens (tertiary/aromatic N) is 2. The van der Waals surface area contributed by atoms with Crippen LogP contribution in [0.25, 0.3) is 0 Å². The Morgan fingerprint density at radius 2 is 2.13 bits per heavy atom. The molecular formula is C11H19N3S. The van der Waals surface area contributed by atoms with Gasteiger partial charge >= 0.3 is 0 Å². The third-order valence-corrected chi connectivity index (χ3v) is 3.52. The third-order valence-electron chi connectivity index (χ3n) is 3.21. The first-order valence-electron chi connectivity index (χ1n) is 5.98. The molecule has 15 heavy (non-hydrogen) atoms. The number of hydrogen-bond acceptors (Lipinski definition) is 2. The average Bonchev–Trinajstić information content (AvgIpc) is 2.63. The summed E-state index contributed by atoms with van der Waals surface area (Å²) in [4.78, 5) is 0. The van der Waals surface area contributed by atoms with Crippen molar-refractivity contribution in [1.82, 2.24) is 14.8 Å². The van der Waals surface area contributed by atoms with Crippen molar-refractivity contribution in [2.24, 2.45) is 0 Å². The lowest BCUT2D eigenvalue weighted by atomic mass is 9.88. The highest BCUT2D eigenvalue weighted by molar-refractivity contribution is 7.71. The summed E-state index contributed by atoms with van der Waals surface area (Å²) in [5.41, 5.74) is 0. The van der Waals surface area contributed by atoms with Crippen LogP contribution in [0.15, 0.2) is 0 Å². The highest BCUT2D eigenvalue weighted by Crippen LogP contribution is 2.31. The van der Waals surface area contributed by atoms with Gasteiger partial charge in [0.15, 0.2) is 4.77 Å². The van der Waals surface area contributed by atoms with Gasteiger partial charge in [-0.25, -0.2) is 0 Å². The van der Waals surface area contributed by atoms with Gasteiger partial charge in [-0.1, -0.05) is 26.2 Å². The molecule has 0 bridgehead atoms. The average molecular weight is 225 g/mol. The molecule has 2 rings (SSSR count). The molecular weight excluding hydrogens is 206 g/mol. The first-order valence-corrected chi connectivity index (χ1v) is 6.39. The Balaban J connectivity index is 2.22. The van der Waals surface area contributed by atoms with Crippen molar-refractivity contribution in [3.63, 3.8) is 0 Å². The van der Waals surface area contributed by atoms with Crippen molar-refractivity contribution in [1.29, 1.82) is 0 Å². The Morgan fingerprint density at radius 1 is 1.40 bits per heavy atom. The van der Waals surface area contributed by atoms with E-state index >= 15 is 0 Å². The summed E-state index contributed by atoms with van der Waals surface area (Å²) in [6.07, 6.45) is 7.75. The van der Waals surface area contributed by atoms with Crippen molar-refractivity contribution in [3.05, 3.63) is 10.6 Å². The van der Waals surface area contributed by atoms with E-state index in [4.69, 9.17) is 12.2 Å². The van der Waals surface area contributed by atoms with Crippen LogP contribution in [0.5, 0.6) is 0 Å². The fourth-order valence-electron chi connectivity index (χ4n) is 2.44. The normalized spacial score (nSPS) is 18.2. The summed E-state index contributed by atoms with van der Waals surface area (Å²) in [7, 11) is 0. The zero-order valence-electron chi connectivity index (χ0n) is 9.33. The van der Waals surface area contributed by atoms with E-state index in [2.05, 4.69) is 21.7 Å². The monoisotopic (exact) mass is 225 g/mol. The molecule has 1 aromatic heterocycles. The number of rotatable bonds is 3. The van der Waals surface area contributed by atoms with Gasteiger partial charge < -0.3 is 4.57 Å². The highest BCUT2D eigenvalue weighted by atomic mass is 32.1. The molecule has 1 saturated carbocycles. The minimum atomic E-state index is 0.637. The van der Waals surface area contributed by atoms with Gasteiger partial charge in [0.05, 0.1) is 0 Å². The molecule has 1 fully saturated rings. The zero-order valence-corrected chi connectivity index (χ0v) is 10.1. The Labute approximate surface area is 95.9 Å². The molecule has 0 radical (unpaired) electrons. The van der Waals surface area contributed by atoms with Gasteiger partial charge in [0.25, 0.3) is 0 Å². The Kier molecular flexibility index (Phi) is 3.57. The summed E-state index contributed by atoms with van der Waals surface area (Å²) in [5, 5.41) is 7.34. The summed E-state index contributed by atoms with van der Waals surface area (Å²) < 4.78 is 2.98. The minimum absolute atomic E-state index is 0.637. The molecule has 0 atom stereocenters. The topological polar surface area (TPSA) is 33.6 Å². The van der Waals surface area contributed by atoms with Gasteiger partial charge in [-0.2, -0.15) is 5.10 Å². The molecule has 4 heteroatoms. The van der Waals surface area contributed by atoms with E-state index in [-0.39, 0.29) is 0 Å². The molecule has 0 saturated heterocycles. The van der Waals surface area contributed by atoms with Crippen LogP contribution in [-0.2, 0) is 6.54 Å². The molecule has 1 heterocycles. The molecule has 0 amide bonds. The van der Waals surface area contributed by atoms with Crippen molar-refractivity contribution in [3.8, 4) is 0 Å². The molecule has 0 aliphatic heterocycles. The van der Waals surface area contributed by atoms with Crippen molar-refractivity contribution < 1.29 is 0 Å². The second-order valence-corrected chi connectivity index (χ2v) is 4.76. The molecule has 1 aromatic rings. The van der Waals surface area contributed by atoms with Crippen LogP contribution >= 0.6 is 12.2 Å². The Hall–Kier alpha value is -0.640. The van der Waals surface area contributed by atoms with Crippen LogP contribution in [0.1, 0.15) is 57.2 Å². The SMILES string of the molecule is CCCn1c(C2CCCCC2)n[nH]c1=S. The van der Waals surface area contributed by atoms with E-state index < -0.39 is 0 Å². The smallest absolute Gasteiger partial charge is 0.195 e. The second-order valence-electron chi connectivity index (χ2n) is 4.37. The second kappa shape index (κ2) is 4.92. The predicted octanol–water partition coefficient (Wildman–Crippen LogP) is 3.40. The summed E-state index contributed by atoms with van der Waals surface area (Å²) in [6.45, 7) is 3.18. The van der Waals surface area contributed by atoms with Crippen LogP contribution in [0.4, 0.5) is 0 Å². The molecule has 1 N–H and O–H groups in total. The number of hydrogen-bond donors (Lipinski definition) is 1. The summed E-state index contributed by atoms with van der Waals surface area (Å²) in [5.74, 6) is 1.83. The molecule has 84 valence electrons. The Bertz CT molecular complexity index is 360. The van der Waals surface area contributed by atoms with E-state index in [0.29, 0.717) is 5.92 Å². The molecule has 0 unspecified atom stereocenters. The van der Waals surface area contributed by atoms with Gasteiger partial charge in [-0.05, 0) is 31.5 Å². The van der Waals surface area contributed by atoms with Gasteiger partial charge in [0, 0.05) is 12.5 Å². The highest BCUT2D eigenvalue weighted by Gasteiger charge is 2.20. The van der Waals surface area contributed by atoms with Crippen molar-refractivity contribution in [2.75, 3.05) is 0 Å². The minimum Gasteiger partial charge on any atom is -0.304 e. The number of nitrogens with one attached hydrogen (secondary N) is 1. The lowest BCUT2D eigenvalue weighted by molar-refractivity contribution is 0.413. The van der Waals surface area contributed by atoms with E-state index in [1.807, 2.05) is 0 Å². The first kappa shape index (κ1) is 10.9. The van der Waals surface area contributed by atoms with E-state index in [0.717, 1.165) is 17.7 Å². The first-order chi connectivity index (χ1) is 7.33. The maximum absolute atomic E-state index is 5.25. The Morgan fingerprint density at radius 3 is 2.80 bits per heavy atom. The van der Waals surface area contributed by atoms with E-state index in [9.17, 15) is 0 Å². The van der Waals surface area contributed by atoms with Crippen LogP contribution in [0, 0.1) is 4.77 Å². The molecule has 3 nitrogen and oxygen atoms in total. The van der Waals surface area contributed by atoms with Gasteiger partial charge in [0.1, 0.15) is 5.82 Å². The van der Waals surface area contributed by atoms with Crippen molar-refractivity contribution >= 4 is 12.2 Å². The van der Waals surface area contributed by atoms with Gasteiger partial charge in [-0.3, -0.25) is 5.10 Å². The maximum atomic E-state index is 5.25. The predicted molar refractivity (Wildman–Crippen MR) is 63.5 cm³/mol. The van der Waals surface area contributed by atoms with Crippen LogP contribution in [-0.4, -0.2) is 14.8 Å². The maximum Gasteiger partial charge on any atom is 0.195 e. The van der Waals surface area contributed by atoms with Crippen LogP contribution < -0.4 is 0 Å². The standard InChI is InChI=1S/C11H19N3S/c1-2-8-14-10(12-13-11(14)15)9-6-4-3-5-7-9/h9H,2-8H2,1H3,(H,13,15). The summed E-state index contributed by atoms with van der Waals surface area (Å²) >= 11 is 5.25. The van der Waals surface area contributed by atoms with Crippen LogP contribution in [0.2, 0.25) is 0 Å². The largest absolute Gasteiger partial charge is 0.304 e. The van der Waals surface area contributed by atoms with E-state index in [1.165, 1.54) is 37.9 Å².